The molecular formula is C41H67NO8. The molecule has 50 heavy (non-hydrogen) atoms. The van der Waals surface area contributed by atoms with Gasteiger partial charge in [0.2, 0.25) is 0 Å². The zero-order valence-electron chi connectivity index (χ0n) is 31.2. The average Bonchev–Trinajstić information content (AvgIpc) is 3.63. The van der Waals surface area contributed by atoms with Crippen LogP contribution in [0.2, 0.25) is 0 Å². The lowest BCUT2D eigenvalue weighted by Crippen LogP contribution is -2.69. The van der Waals surface area contributed by atoms with E-state index in [1.807, 2.05) is 0 Å². The van der Waals surface area contributed by atoms with Crippen LogP contribution in [0.3, 0.4) is 0 Å². The number of aliphatic hydroxyl groups excluding tert-OH is 2. The Morgan fingerprint density at radius 1 is 0.920 bits per heavy atom. The van der Waals surface area contributed by atoms with Crippen molar-refractivity contribution >= 4 is 12.2 Å². The summed E-state index contributed by atoms with van der Waals surface area (Å²) in [7, 11) is 0. The number of unbranched alkanes of at least 4 members (excludes halogenated alkanes) is 9. The van der Waals surface area contributed by atoms with E-state index in [1.54, 1.807) is 13.0 Å². The molecule has 2 aliphatic heterocycles. The summed E-state index contributed by atoms with van der Waals surface area (Å²) in [5, 5.41) is 46.2. The number of rotatable bonds is 15. The van der Waals surface area contributed by atoms with E-state index < -0.39 is 41.2 Å². The molecule has 0 aromatic heterocycles. The molecule has 0 amide bonds. The van der Waals surface area contributed by atoms with Crippen LogP contribution in [-0.2, 0) is 19.0 Å². The van der Waals surface area contributed by atoms with Crippen molar-refractivity contribution in [3.05, 3.63) is 11.6 Å². The number of fused-ring (bicyclic) bond motifs is 5. The van der Waals surface area contributed by atoms with Gasteiger partial charge in [0.1, 0.15) is 12.7 Å². The van der Waals surface area contributed by atoms with Gasteiger partial charge in [0, 0.05) is 42.5 Å². The molecule has 6 aliphatic rings. The maximum Gasteiger partial charge on any atom is 0.331 e. The first-order valence-electron chi connectivity index (χ1n) is 20.5. The van der Waals surface area contributed by atoms with Crippen molar-refractivity contribution in [3.63, 3.8) is 0 Å². The van der Waals surface area contributed by atoms with E-state index in [4.69, 9.17) is 19.2 Å². The summed E-state index contributed by atoms with van der Waals surface area (Å²) in [5.74, 6) is -0.0252. The van der Waals surface area contributed by atoms with Gasteiger partial charge in [-0.3, -0.25) is 4.99 Å². The lowest BCUT2D eigenvalue weighted by atomic mass is 9.41. The minimum atomic E-state index is -1.03. The minimum Gasteiger partial charge on any atom is -0.458 e. The van der Waals surface area contributed by atoms with Crippen LogP contribution in [0.15, 0.2) is 16.6 Å². The van der Waals surface area contributed by atoms with E-state index in [-0.39, 0.29) is 41.7 Å². The number of nitrogens with zero attached hydrogens (tertiary/aromatic N) is 1. The number of hydrogen-bond donors (Lipinski definition) is 4. The molecule has 9 nitrogen and oxygen atoms in total. The van der Waals surface area contributed by atoms with Crippen LogP contribution in [0.4, 0.5) is 0 Å². The van der Waals surface area contributed by atoms with E-state index in [0.717, 1.165) is 50.6 Å². The van der Waals surface area contributed by atoms with Crippen LogP contribution in [0.25, 0.3) is 0 Å². The average molecular weight is 702 g/mol. The summed E-state index contributed by atoms with van der Waals surface area (Å²) in [6.45, 7) is 7.33. The van der Waals surface area contributed by atoms with Gasteiger partial charge in [0.25, 0.3) is 0 Å². The predicted molar refractivity (Wildman–Crippen MR) is 193 cm³/mol. The third kappa shape index (κ3) is 7.26. The molecule has 2 heterocycles. The number of carbonyl (C=O) groups excluding carboxylic acids is 1. The van der Waals surface area contributed by atoms with E-state index in [9.17, 15) is 25.2 Å². The van der Waals surface area contributed by atoms with Crippen molar-refractivity contribution in [2.24, 2.45) is 33.6 Å². The Bertz CT molecular complexity index is 1210. The van der Waals surface area contributed by atoms with Gasteiger partial charge in [-0.2, -0.15) is 0 Å². The highest BCUT2D eigenvalue weighted by Crippen LogP contribution is 2.70. The fourth-order valence-electron chi connectivity index (χ4n) is 11.7. The van der Waals surface area contributed by atoms with Crippen LogP contribution in [0.1, 0.15) is 149 Å². The molecule has 0 radical (unpaired) electrons. The number of hydrogen-bond acceptors (Lipinski definition) is 9. The number of esters is 1. The maximum atomic E-state index is 12.8. The second-order valence-electron chi connectivity index (χ2n) is 17.4. The van der Waals surface area contributed by atoms with Gasteiger partial charge in [-0.05, 0) is 88.0 Å². The molecular weight excluding hydrogens is 634 g/mol. The zero-order chi connectivity index (χ0) is 35.6. The number of ether oxygens (including phenoxy) is 3. The molecule has 0 spiro atoms. The molecule has 5 fully saturated rings. The van der Waals surface area contributed by atoms with Gasteiger partial charge in [-0.1, -0.05) is 71.6 Å². The van der Waals surface area contributed by atoms with Crippen molar-refractivity contribution < 1.29 is 39.4 Å². The molecule has 1 saturated heterocycles. The van der Waals surface area contributed by atoms with E-state index in [0.29, 0.717) is 32.3 Å². The first-order valence-corrected chi connectivity index (χ1v) is 20.5. The lowest BCUT2D eigenvalue weighted by Gasteiger charge is -2.66. The highest BCUT2D eigenvalue weighted by atomic mass is 16.7. The first-order chi connectivity index (χ1) is 24.0. The van der Waals surface area contributed by atoms with Crippen LogP contribution in [-0.4, -0.2) is 87.7 Å². The highest BCUT2D eigenvalue weighted by molar-refractivity contribution is 5.85. The van der Waals surface area contributed by atoms with Crippen molar-refractivity contribution in [1.82, 2.24) is 0 Å². The molecule has 0 aromatic rings. The van der Waals surface area contributed by atoms with Gasteiger partial charge in [0.15, 0.2) is 6.29 Å². The molecule has 4 saturated carbocycles. The van der Waals surface area contributed by atoms with Gasteiger partial charge in [-0.15, -0.1) is 0 Å². The molecule has 0 aromatic carbocycles. The fraction of sp³-hybridized carbons (Fsp3) is 0.902. The van der Waals surface area contributed by atoms with E-state index >= 15 is 0 Å². The standard InChI is InChI=1S/C41H67NO8/c1-4-5-6-7-8-9-10-11-12-13-22-42-27-39-19-14-30(50-36-24-34(43)37(45)28(2)49-36)25-40(39,46)20-16-33-32(39)15-18-38(3)31(17-21-41(33,38)47)29-23-35(44)48-26-29/h23,27-28,30-34,36-37,43,45-47H,4-22,24-26H2,1-3H3/t28-,30-,31+,32-,33+,34+,36-,37+,38+,39-,40-,41-/m0/s1. The monoisotopic (exact) mass is 701 g/mol. The third-order valence-corrected chi connectivity index (χ3v) is 14.6. The SMILES string of the molecule is CCCCCCCCCCCCN=C[C@]12CC[C@H](O[C@H]3C[C@@H](O)[C@H](O)[C@H](C)O3)C[C@@]1(O)CC[C@@H]1[C@@H]2CC[C@]2(C)[C@@H](C3=CC(=O)OC3)CC[C@]12O. The highest BCUT2D eigenvalue weighted by Gasteiger charge is 2.71. The van der Waals surface area contributed by atoms with Crippen molar-refractivity contribution in [3.8, 4) is 0 Å². The Balaban J connectivity index is 1.15. The Morgan fingerprint density at radius 2 is 1.62 bits per heavy atom. The molecule has 4 N–H and O–H groups in total. The van der Waals surface area contributed by atoms with Crippen molar-refractivity contribution in [2.75, 3.05) is 13.2 Å². The molecule has 0 bridgehead atoms. The summed E-state index contributed by atoms with van der Waals surface area (Å²) >= 11 is 0. The fourth-order valence-corrected chi connectivity index (χ4v) is 11.7. The van der Waals surface area contributed by atoms with Gasteiger partial charge >= 0.3 is 5.97 Å². The van der Waals surface area contributed by atoms with Gasteiger partial charge in [-0.25, -0.2) is 4.79 Å². The van der Waals surface area contributed by atoms with Crippen LogP contribution in [0, 0.1) is 28.6 Å². The molecule has 284 valence electrons. The van der Waals surface area contributed by atoms with Crippen LogP contribution >= 0.6 is 0 Å². The quantitative estimate of drug-likeness (QED) is 0.0651. The number of aliphatic hydroxyl groups is 4. The number of aliphatic imine (C=N–C) groups is 1. The zero-order valence-corrected chi connectivity index (χ0v) is 31.2. The lowest BCUT2D eigenvalue weighted by molar-refractivity contribution is -0.282. The topological polar surface area (TPSA) is 138 Å². The third-order valence-electron chi connectivity index (χ3n) is 14.6. The number of carbonyl (C=O) groups is 1. The molecule has 6 rings (SSSR count). The first kappa shape index (κ1) is 38.4. The van der Waals surface area contributed by atoms with Crippen molar-refractivity contribution in [2.45, 2.75) is 191 Å². The summed E-state index contributed by atoms with van der Waals surface area (Å²) < 4.78 is 17.7. The molecule has 9 heteroatoms. The molecule has 4 aliphatic carbocycles. The smallest absolute Gasteiger partial charge is 0.331 e. The second kappa shape index (κ2) is 15.9. The van der Waals surface area contributed by atoms with Crippen molar-refractivity contribution in [1.29, 1.82) is 0 Å². The van der Waals surface area contributed by atoms with Gasteiger partial charge < -0.3 is 34.6 Å². The number of cyclic esters (lactones) is 1. The minimum absolute atomic E-state index is 0.0329. The van der Waals surface area contributed by atoms with Crippen LogP contribution in [0.5, 0.6) is 0 Å². The Kier molecular flexibility index (Phi) is 12.2. The maximum absolute atomic E-state index is 12.8. The van der Waals surface area contributed by atoms with E-state index in [2.05, 4.69) is 20.1 Å². The molecule has 12 atom stereocenters. The second-order valence-corrected chi connectivity index (χ2v) is 17.4. The molecule has 0 unspecified atom stereocenters. The predicted octanol–water partition coefficient (Wildman–Crippen LogP) is 6.57. The summed E-state index contributed by atoms with van der Waals surface area (Å²) in [5.41, 5.74) is -1.80. The summed E-state index contributed by atoms with van der Waals surface area (Å²) in [6, 6.07) is 0. The Labute approximate surface area is 300 Å². The Hall–Kier alpha value is -1.36. The Morgan fingerprint density at radius 3 is 2.30 bits per heavy atom. The normalized spacial score (nSPS) is 44.5. The van der Waals surface area contributed by atoms with Gasteiger partial charge in [0.05, 0.1) is 29.5 Å². The summed E-state index contributed by atoms with van der Waals surface area (Å²) in [6.07, 6.45) is 20.0. The summed E-state index contributed by atoms with van der Waals surface area (Å²) in [4.78, 5) is 17.1. The largest absolute Gasteiger partial charge is 0.458 e. The van der Waals surface area contributed by atoms with Crippen LogP contribution < -0.4 is 0 Å². The van der Waals surface area contributed by atoms with E-state index in [1.165, 1.54) is 57.8 Å².